The molecule has 0 heterocycles. The van der Waals surface area contributed by atoms with Crippen LogP contribution >= 0.6 is 0 Å². The fourth-order valence-electron chi connectivity index (χ4n) is 3.56. The smallest absolute Gasteiger partial charge is 0.308 e. The van der Waals surface area contributed by atoms with Crippen LogP contribution in [0.1, 0.15) is 33.1 Å². The van der Waals surface area contributed by atoms with E-state index in [0.29, 0.717) is 11.8 Å². The summed E-state index contributed by atoms with van der Waals surface area (Å²) in [6.45, 7) is 4.18. The van der Waals surface area contributed by atoms with Crippen molar-refractivity contribution in [2.75, 3.05) is 13.6 Å². The van der Waals surface area contributed by atoms with E-state index in [2.05, 4.69) is 5.32 Å². The molecule has 108 valence electrons. The van der Waals surface area contributed by atoms with Crippen LogP contribution in [0.3, 0.4) is 0 Å². The zero-order valence-corrected chi connectivity index (χ0v) is 11.9. The van der Waals surface area contributed by atoms with Gasteiger partial charge in [-0.25, -0.2) is 0 Å². The predicted octanol–water partition coefficient (Wildman–Crippen LogP) is 0.942. The molecule has 0 aromatic heterocycles. The van der Waals surface area contributed by atoms with E-state index in [9.17, 15) is 14.7 Å². The Hall–Kier alpha value is -1.10. The SMILES string of the molecule is CC(C)N(C)C(=O)CNC1C2CCC(C2)C1C(=O)O. The first-order chi connectivity index (χ1) is 8.91. The molecule has 5 heteroatoms. The summed E-state index contributed by atoms with van der Waals surface area (Å²) in [6, 6.07) is 0.144. The number of hydrogen-bond acceptors (Lipinski definition) is 3. The maximum Gasteiger partial charge on any atom is 0.308 e. The van der Waals surface area contributed by atoms with Crippen LogP contribution in [0.25, 0.3) is 0 Å². The lowest BCUT2D eigenvalue weighted by molar-refractivity contribution is -0.145. The van der Waals surface area contributed by atoms with Crippen molar-refractivity contribution in [1.29, 1.82) is 0 Å². The van der Waals surface area contributed by atoms with Crippen LogP contribution in [-0.2, 0) is 9.59 Å². The summed E-state index contributed by atoms with van der Waals surface area (Å²) in [5, 5.41) is 12.5. The number of amides is 1. The number of aliphatic carboxylic acids is 1. The lowest BCUT2D eigenvalue weighted by Gasteiger charge is -2.30. The van der Waals surface area contributed by atoms with Gasteiger partial charge in [0.05, 0.1) is 12.5 Å². The van der Waals surface area contributed by atoms with Crippen LogP contribution in [0.4, 0.5) is 0 Å². The maximum absolute atomic E-state index is 11.9. The highest BCUT2D eigenvalue weighted by atomic mass is 16.4. The van der Waals surface area contributed by atoms with Crippen LogP contribution in [0.2, 0.25) is 0 Å². The van der Waals surface area contributed by atoms with E-state index in [1.807, 2.05) is 13.8 Å². The Morgan fingerprint density at radius 1 is 1.32 bits per heavy atom. The van der Waals surface area contributed by atoms with Crippen molar-refractivity contribution in [2.24, 2.45) is 17.8 Å². The molecule has 0 aromatic carbocycles. The van der Waals surface area contributed by atoms with Crippen LogP contribution in [0, 0.1) is 17.8 Å². The Morgan fingerprint density at radius 2 is 1.95 bits per heavy atom. The Morgan fingerprint density at radius 3 is 2.53 bits per heavy atom. The quantitative estimate of drug-likeness (QED) is 0.778. The number of carbonyl (C=O) groups excluding carboxylic acids is 1. The molecular weight excluding hydrogens is 244 g/mol. The van der Waals surface area contributed by atoms with E-state index in [1.54, 1.807) is 11.9 Å². The topological polar surface area (TPSA) is 69.6 Å². The van der Waals surface area contributed by atoms with Gasteiger partial charge in [-0.1, -0.05) is 0 Å². The normalized spacial score (nSPS) is 32.8. The zero-order chi connectivity index (χ0) is 14.2. The third-order valence-corrected chi connectivity index (χ3v) is 4.86. The molecule has 2 N–H and O–H groups in total. The summed E-state index contributed by atoms with van der Waals surface area (Å²) in [6.07, 6.45) is 3.13. The summed E-state index contributed by atoms with van der Waals surface area (Å²) in [5.41, 5.74) is 0. The molecule has 0 aliphatic heterocycles. The number of carboxylic acid groups (broad SMARTS) is 1. The number of likely N-dealkylation sites (N-methyl/N-ethyl adjacent to an activating group) is 1. The first kappa shape index (κ1) is 14.3. The Kier molecular flexibility index (Phi) is 4.13. The van der Waals surface area contributed by atoms with Gasteiger partial charge in [0.15, 0.2) is 0 Å². The first-order valence-corrected chi connectivity index (χ1v) is 7.13. The van der Waals surface area contributed by atoms with E-state index in [1.165, 1.54) is 0 Å². The van der Waals surface area contributed by atoms with Gasteiger partial charge in [0, 0.05) is 19.1 Å². The molecule has 4 atom stereocenters. The monoisotopic (exact) mass is 268 g/mol. The molecule has 0 saturated heterocycles. The van der Waals surface area contributed by atoms with Crippen LogP contribution in [0.5, 0.6) is 0 Å². The molecule has 0 radical (unpaired) electrons. The molecule has 2 aliphatic rings. The van der Waals surface area contributed by atoms with E-state index in [0.717, 1.165) is 19.3 Å². The maximum atomic E-state index is 11.9. The molecule has 2 fully saturated rings. The summed E-state index contributed by atoms with van der Waals surface area (Å²) in [4.78, 5) is 25.0. The molecule has 0 aromatic rings. The third kappa shape index (κ3) is 2.76. The van der Waals surface area contributed by atoms with Gasteiger partial charge in [0.25, 0.3) is 0 Å². The molecule has 2 bridgehead atoms. The van der Waals surface area contributed by atoms with Crippen molar-refractivity contribution < 1.29 is 14.7 Å². The van der Waals surface area contributed by atoms with Gasteiger partial charge < -0.3 is 15.3 Å². The summed E-state index contributed by atoms with van der Waals surface area (Å²) in [5.74, 6) is -0.256. The first-order valence-electron chi connectivity index (χ1n) is 7.13. The van der Waals surface area contributed by atoms with Gasteiger partial charge in [-0.05, 0) is 44.9 Å². The van der Waals surface area contributed by atoms with Crippen LogP contribution in [0.15, 0.2) is 0 Å². The fraction of sp³-hybridized carbons (Fsp3) is 0.857. The Labute approximate surface area is 114 Å². The molecule has 19 heavy (non-hydrogen) atoms. The van der Waals surface area contributed by atoms with Crippen molar-refractivity contribution >= 4 is 11.9 Å². The van der Waals surface area contributed by atoms with E-state index < -0.39 is 5.97 Å². The molecule has 2 rings (SSSR count). The van der Waals surface area contributed by atoms with E-state index in [-0.39, 0.29) is 30.5 Å². The minimum absolute atomic E-state index is 0.0271. The van der Waals surface area contributed by atoms with Crippen molar-refractivity contribution in [3.8, 4) is 0 Å². The Bertz CT molecular complexity index is 370. The van der Waals surface area contributed by atoms with Gasteiger partial charge in [0.2, 0.25) is 5.91 Å². The summed E-state index contributed by atoms with van der Waals surface area (Å²) < 4.78 is 0. The average Bonchev–Trinajstić information content (AvgIpc) is 2.94. The fourth-order valence-corrected chi connectivity index (χ4v) is 3.56. The largest absolute Gasteiger partial charge is 0.481 e. The highest BCUT2D eigenvalue weighted by Crippen LogP contribution is 2.48. The predicted molar refractivity (Wildman–Crippen MR) is 71.7 cm³/mol. The number of rotatable bonds is 5. The minimum atomic E-state index is -0.714. The molecule has 0 spiro atoms. The molecule has 2 saturated carbocycles. The molecular formula is C14H24N2O3. The second-order valence-electron chi connectivity index (χ2n) is 6.20. The third-order valence-electron chi connectivity index (χ3n) is 4.86. The van der Waals surface area contributed by atoms with Gasteiger partial charge >= 0.3 is 5.97 Å². The lowest BCUT2D eigenvalue weighted by Crippen LogP contribution is -2.48. The van der Waals surface area contributed by atoms with Crippen molar-refractivity contribution in [1.82, 2.24) is 10.2 Å². The second kappa shape index (κ2) is 5.49. The van der Waals surface area contributed by atoms with Gasteiger partial charge in [-0.15, -0.1) is 0 Å². The molecule has 5 nitrogen and oxygen atoms in total. The number of carboxylic acids is 1. The number of nitrogens with one attached hydrogen (secondary N) is 1. The number of fused-ring (bicyclic) bond motifs is 2. The van der Waals surface area contributed by atoms with Crippen molar-refractivity contribution in [2.45, 2.75) is 45.2 Å². The number of carbonyl (C=O) groups is 2. The standard InChI is InChI=1S/C14H24N2O3/c1-8(2)16(3)11(17)7-15-13-10-5-4-9(6-10)12(13)14(18)19/h8-10,12-13,15H,4-7H2,1-3H3,(H,18,19). The second-order valence-corrected chi connectivity index (χ2v) is 6.20. The summed E-state index contributed by atoms with van der Waals surface area (Å²) in [7, 11) is 1.78. The van der Waals surface area contributed by atoms with Crippen LogP contribution in [-0.4, -0.2) is 47.6 Å². The molecule has 2 aliphatic carbocycles. The number of hydrogen-bond donors (Lipinski definition) is 2. The van der Waals surface area contributed by atoms with E-state index in [4.69, 9.17) is 0 Å². The average molecular weight is 268 g/mol. The Balaban J connectivity index is 1.92. The molecule has 4 unspecified atom stereocenters. The lowest BCUT2D eigenvalue weighted by atomic mass is 9.84. The number of nitrogens with zero attached hydrogens (tertiary/aromatic N) is 1. The van der Waals surface area contributed by atoms with Gasteiger partial charge in [0.1, 0.15) is 0 Å². The van der Waals surface area contributed by atoms with Gasteiger partial charge in [-0.3, -0.25) is 9.59 Å². The highest BCUT2D eigenvalue weighted by Gasteiger charge is 2.50. The van der Waals surface area contributed by atoms with Crippen LogP contribution < -0.4 is 5.32 Å². The van der Waals surface area contributed by atoms with E-state index >= 15 is 0 Å². The van der Waals surface area contributed by atoms with Crippen molar-refractivity contribution in [3.63, 3.8) is 0 Å². The van der Waals surface area contributed by atoms with Gasteiger partial charge in [-0.2, -0.15) is 0 Å². The zero-order valence-electron chi connectivity index (χ0n) is 11.9. The highest BCUT2D eigenvalue weighted by molar-refractivity contribution is 5.78. The molecule has 1 amide bonds. The summed E-state index contributed by atoms with van der Waals surface area (Å²) >= 11 is 0. The minimum Gasteiger partial charge on any atom is -0.481 e. The van der Waals surface area contributed by atoms with Crippen molar-refractivity contribution in [3.05, 3.63) is 0 Å².